The van der Waals surface area contributed by atoms with Crippen LogP contribution in [0.3, 0.4) is 0 Å². The van der Waals surface area contributed by atoms with Crippen molar-refractivity contribution in [1.29, 1.82) is 0 Å². The minimum atomic E-state index is 0.678. The number of benzene rings is 3. The van der Waals surface area contributed by atoms with Crippen LogP contribution in [0.25, 0.3) is 24.3 Å². The van der Waals surface area contributed by atoms with E-state index in [0.717, 1.165) is 95.3 Å². The summed E-state index contributed by atoms with van der Waals surface area (Å²) in [5.74, 6) is 4.84. The van der Waals surface area contributed by atoms with Crippen LogP contribution in [0.2, 0.25) is 0 Å². The summed E-state index contributed by atoms with van der Waals surface area (Å²) >= 11 is 0. The molecule has 0 aromatic heterocycles. The molecule has 574 valence electrons. The number of hydrogen-bond acceptors (Lipinski definition) is 6. The Morgan fingerprint density at radius 1 is 0.170 bits per heavy atom. The summed E-state index contributed by atoms with van der Waals surface area (Å²) < 4.78 is 40.7. The summed E-state index contributed by atoms with van der Waals surface area (Å²) in [5, 5.41) is 0. The van der Waals surface area contributed by atoms with Crippen LogP contribution in [-0.2, 0) is 0 Å². The molecule has 0 aliphatic carbocycles. The molecule has 0 spiro atoms. The van der Waals surface area contributed by atoms with Gasteiger partial charge in [-0.2, -0.15) is 0 Å². The zero-order chi connectivity index (χ0) is 71.2. The summed E-state index contributed by atoms with van der Waals surface area (Å²) in [5.41, 5.74) is 4.43. The average molecular weight is 1390 g/mol. The first-order valence-corrected chi connectivity index (χ1v) is 44.2. The van der Waals surface area contributed by atoms with Crippen molar-refractivity contribution in [3.63, 3.8) is 0 Å². The van der Waals surface area contributed by atoms with Crippen LogP contribution in [0.15, 0.2) is 48.5 Å². The summed E-state index contributed by atoms with van der Waals surface area (Å²) in [6.07, 6.45) is 87.0. The molecule has 3 aromatic carbocycles. The lowest BCUT2D eigenvalue weighted by molar-refractivity contribution is 0.234. The molecule has 0 aliphatic heterocycles. The van der Waals surface area contributed by atoms with Gasteiger partial charge in [-0.05, 0) is 85.0 Å². The second kappa shape index (κ2) is 69.3. The Morgan fingerprint density at radius 3 is 0.480 bits per heavy atom. The maximum absolute atomic E-state index is 6.78. The summed E-state index contributed by atoms with van der Waals surface area (Å²) in [6, 6.07) is 17.7. The van der Waals surface area contributed by atoms with E-state index in [-0.39, 0.29) is 0 Å². The minimum Gasteiger partial charge on any atom is -0.490 e. The molecule has 0 saturated carbocycles. The molecule has 0 radical (unpaired) electrons. The van der Waals surface area contributed by atoms with Gasteiger partial charge in [0.15, 0.2) is 23.0 Å². The molecule has 3 rings (SSSR count). The highest BCUT2D eigenvalue weighted by molar-refractivity contribution is 5.75. The molecule has 0 amide bonds. The Hall–Kier alpha value is -4.06. The summed E-state index contributed by atoms with van der Waals surface area (Å²) in [4.78, 5) is 0. The number of hydrogen-bond donors (Lipinski definition) is 0. The van der Waals surface area contributed by atoms with Crippen molar-refractivity contribution >= 4 is 24.3 Å². The second-order valence-electron chi connectivity index (χ2n) is 30.2. The molecule has 0 unspecified atom stereocenters. The van der Waals surface area contributed by atoms with E-state index in [1.807, 2.05) is 0 Å². The molecule has 0 heterocycles. The van der Waals surface area contributed by atoms with Gasteiger partial charge in [0, 0.05) is 0 Å². The Bertz CT molecular complexity index is 2030. The number of rotatable bonds is 76. The van der Waals surface area contributed by atoms with E-state index < -0.39 is 0 Å². The monoisotopic (exact) mass is 1390 g/mol. The molecular weight excluding hydrogens is 1230 g/mol. The van der Waals surface area contributed by atoms with Crippen molar-refractivity contribution in [3.8, 4) is 34.5 Å². The molecule has 6 nitrogen and oxygen atoms in total. The van der Waals surface area contributed by atoms with E-state index >= 15 is 0 Å². The van der Waals surface area contributed by atoms with Crippen molar-refractivity contribution in [3.05, 3.63) is 70.8 Å². The first kappa shape index (κ1) is 90.2. The van der Waals surface area contributed by atoms with E-state index in [0.29, 0.717) is 39.6 Å². The quantitative estimate of drug-likeness (QED) is 0.0415. The Morgan fingerprint density at radius 2 is 0.310 bits per heavy atom. The van der Waals surface area contributed by atoms with Crippen LogP contribution in [0.1, 0.15) is 449 Å². The van der Waals surface area contributed by atoms with Gasteiger partial charge in [-0.25, -0.2) is 0 Å². The third-order valence-corrected chi connectivity index (χ3v) is 20.5. The van der Waals surface area contributed by atoms with Crippen molar-refractivity contribution < 1.29 is 28.4 Å². The Kier molecular flexibility index (Phi) is 62.5. The predicted octanol–water partition coefficient (Wildman–Crippen LogP) is 31.8. The van der Waals surface area contributed by atoms with Crippen molar-refractivity contribution in [2.24, 2.45) is 0 Å². The van der Waals surface area contributed by atoms with Gasteiger partial charge in [0.2, 0.25) is 11.5 Å². The van der Waals surface area contributed by atoms with Gasteiger partial charge in [-0.15, -0.1) is 0 Å². The van der Waals surface area contributed by atoms with Gasteiger partial charge in [-0.3, -0.25) is 0 Å². The molecule has 0 atom stereocenters. The molecule has 3 aromatic rings. The van der Waals surface area contributed by atoms with Gasteiger partial charge < -0.3 is 28.4 Å². The standard InChI is InChI=1S/C94H162O6/c1-7-13-19-25-31-37-43-49-55-61-75-95-89-81-87(82-90(96-76-62-56-50-44-38-32-26-20-14-8-2)93(89)99-79-65-59-53-47-41-35-29-23-17-11-5)73-71-85-67-69-86(70-68-85)72-74-88-83-91(97-77-63-57-51-45-39-33-27-21-15-9-3)94(100-80-66-60-54-48-42-36-30-24-18-12-6)92(84-88)98-78-64-58-52-46-40-34-28-22-16-10-4/h67-74,81-84H,7-66,75-80H2,1-6H3/b73-71+,74-72+. The first-order chi connectivity index (χ1) is 49.6. The Labute approximate surface area is 621 Å². The third-order valence-electron chi connectivity index (χ3n) is 20.5. The largest absolute Gasteiger partial charge is 0.490 e. The first-order valence-electron chi connectivity index (χ1n) is 44.2. The van der Waals surface area contributed by atoms with E-state index in [1.165, 1.54) is 347 Å². The second-order valence-corrected chi connectivity index (χ2v) is 30.2. The highest BCUT2D eigenvalue weighted by Gasteiger charge is 2.18. The SMILES string of the molecule is CCCCCCCCCCCCOc1cc(/C=C/c2ccc(/C=C/c3cc(OCCCCCCCCCCCC)c(OCCCCCCCCCCCC)c(OCCCCCCCCCCCC)c3)cc2)cc(OCCCCCCCCCCCC)c1OCCCCCCCCCCCC. The van der Waals surface area contributed by atoms with Crippen molar-refractivity contribution in [1.82, 2.24) is 0 Å². The molecule has 0 N–H and O–H groups in total. The van der Waals surface area contributed by atoms with Gasteiger partial charge in [0.05, 0.1) is 39.6 Å². The fraction of sp³-hybridized carbons (Fsp3) is 0.766. The van der Waals surface area contributed by atoms with Crippen LogP contribution in [0, 0.1) is 0 Å². The highest BCUT2D eigenvalue weighted by Crippen LogP contribution is 2.42. The van der Waals surface area contributed by atoms with E-state index in [1.54, 1.807) is 0 Å². The fourth-order valence-corrected chi connectivity index (χ4v) is 13.8. The van der Waals surface area contributed by atoms with Gasteiger partial charge >= 0.3 is 0 Å². The molecule has 100 heavy (non-hydrogen) atoms. The van der Waals surface area contributed by atoms with Gasteiger partial charge in [0.1, 0.15) is 0 Å². The van der Waals surface area contributed by atoms with Gasteiger partial charge in [0.25, 0.3) is 0 Å². The molecule has 0 bridgehead atoms. The lowest BCUT2D eigenvalue weighted by Crippen LogP contribution is -2.07. The van der Waals surface area contributed by atoms with Crippen LogP contribution < -0.4 is 28.4 Å². The summed E-state index contributed by atoms with van der Waals surface area (Å²) in [7, 11) is 0. The third kappa shape index (κ3) is 51.2. The highest BCUT2D eigenvalue weighted by atomic mass is 16.5. The average Bonchev–Trinajstić information content (AvgIpc) is 0.834. The summed E-state index contributed by atoms with van der Waals surface area (Å²) in [6.45, 7) is 17.9. The normalized spacial score (nSPS) is 11.7. The number of unbranched alkanes of at least 4 members (excludes halogenated alkanes) is 54. The number of ether oxygens (including phenoxy) is 6. The van der Waals surface area contributed by atoms with Gasteiger partial charge in [-0.1, -0.05) is 437 Å². The lowest BCUT2D eigenvalue weighted by atomic mass is 10.1. The fourth-order valence-electron chi connectivity index (χ4n) is 13.8. The van der Waals surface area contributed by atoms with Crippen LogP contribution in [0.4, 0.5) is 0 Å². The van der Waals surface area contributed by atoms with Crippen molar-refractivity contribution in [2.45, 2.75) is 427 Å². The topological polar surface area (TPSA) is 55.4 Å². The van der Waals surface area contributed by atoms with E-state index in [2.05, 4.69) is 114 Å². The van der Waals surface area contributed by atoms with Crippen molar-refractivity contribution in [2.75, 3.05) is 39.6 Å². The van der Waals surface area contributed by atoms with Crippen LogP contribution >= 0.6 is 0 Å². The van der Waals surface area contributed by atoms with Crippen LogP contribution in [-0.4, -0.2) is 39.6 Å². The molecular formula is C94H162O6. The lowest BCUT2D eigenvalue weighted by Gasteiger charge is -2.18. The molecule has 0 saturated heterocycles. The zero-order valence-corrected chi connectivity index (χ0v) is 67.0. The molecule has 0 fully saturated rings. The zero-order valence-electron chi connectivity index (χ0n) is 67.0. The molecule has 6 heteroatoms. The maximum atomic E-state index is 6.78. The minimum absolute atomic E-state index is 0.678. The predicted molar refractivity (Wildman–Crippen MR) is 441 cm³/mol. The van der Waals surface area contributed by atoms with E-state index in [4.69, 9.17) is 28.4 Å². The smallest absolute Gasteiger partial charge is 0.203 e. The Balaban J connectivity index is 1.88. The van der Waals surface area contributed by atoms with E-state index in [9.17, 15) is 0 Å². The molecule has 0 aliphatic rings. The van der Waals surface area contributed by atoms with Crippen LogP contribution in [0.5, 0.6) is 34.5 Å². The maximum Gasteiger partial charge on any atom is 0.203 e.